The fraction of sp³-hybridized carbons (Fsp3) is 0.474. The summed E-state index contributed by atoms with van der Waals surface area (Å²) in [6.45, 7) is 3.46. The van der Waals surface area contributed by atoms with Gasteiger partial charge in [0.25, 0.3) is 0 Å². The molecule has 3 atom stereocenters. The Morgan fingerprint density at radius 1 is 1.00 bits per heavy atom. The minimum atomic E-state index is 0.513. The minimum absolute atomic E-state index is 0.513. The lowest BCUT2D eigenvalue weighted by Gasteiger charge is -2.51. The Hall–Kier alpha value is -2.14. The average molecular weight is 321 g/mol. The monoisotopic (exact) mass is 321 g/mol. The Morgan fingerprint density at radius 2 is 1.79 bits per heavy atom. The van der Waals surface area contributed by atoms with Gasteiger partial charge in [-0.05, 0) is 43.5 Å². The number of hydrogen-bond acceptors (Lipinski definition) is 5. The molecule has 2 bridgehead atoms. The molecule has 124 valence electrons. The van der Waals surface area contributed by atoms with Crippen molar-refractivity contribution in [3.05, 3.63) is 48.2 Å². The Bertz CT molecular complexity index is 726. The Kier molecular flexibility index (Phi) is 3.23. The van der Waals surface area contributed by atoms with E-state index in [9.17, 15) is 0 Å². The summed E-state index contributed by atoms with van der Waals surface area (Å²) in [4.78, 5) is 14.2. The molecule has 4 saturated heterocycles. The molecule has 4 fully saturated rings. The predicted octanol–water partition coefficient (Wildman–Crippen LogP) is 2.13. The summed E-state index contributed by atoms with van der Waals surface area (Å²) in [5, 5.41) is 0. The van der Waals surface area contributed by atoms with Crippen LogP contribution in [0.1, 0.15) is 24.3 Å². The molecule has 5 heterocycles. The van der Waals surface area contributed by atoms with Gasteiger partial charge >= 0.3 is 0 Å². The van der Waals surface area contributed by atoms with Crippen LogP contribution in [0.25, 0.3) is 0 Å². The third kappa shape index (κ3) is 2.11. The lowest BCUT2D eigenvalue weighted by Crippen LogP contribution is -2.60. The van der Waals surface area contributed by atoms with Gasteiger partial charge < -0.3 is 10.6 Å². The molecule has 4 aliphatic heterocycles. The zero-order chi connectivity index (χ0) is 16.1. The first-order chi connectivity index (χ1) is 11.8. The Balaban J connectivity index is 1.57. The van der Waals surface area contributed by atoms with Crippen molar-refractivity contribution >= 4 is 11.8 Å². The third-order valence-electron chi connectivity index (χ3n) is 6.14. The zero-order valence-electron chi connectivity index (χ0n) is 13.8. The summed E-state index contributed by atoms with van der Waals surface area (Å²) < 4.78 is 0. The van der Waals surface area contributed by atoms with Crippen molar-refractivity contribution in [1.82, 2.24) is 14.9 Å². The second-order valence-corrected chi connectivity index (χ2v) is 7.31. The molecule has 24 heavy (non-hydrogen) atoms. The van der Waals surface area contributed by atoms with Crippen molar-refractivity contribution in [2.24, 2.45) is 5.92 Å². The molecule has 5 nitrogen and oxygen atoms in total. The van der Waals surface area contributed by atoms with E-state index >= 15 is 0 Å². The molecule has 5 heteroatoms. The average Bonchev–Trinajstić information content (AvgIpc) is 3.06. The zero-order valence-corrected chi connectivity index (χ0v) is 13.8. The molecule has 1 aromatic carbocycles. The number of aromatic nitrogens is 2. The van der Waals surface area contributed by atoms with Gasteiger partial charge in [0, 0.05) is 24.7 Å². The minimum Gasteiger partial charge on any atom is -0.384 e. The highest BCUT2D eigenvalue weighted by Crippen LogP contribution is 2.47. The summed E-state index contributed by atoms with van der Waals surface area (Å²) in [5.41, 5.74) is 7.36. The maximum absolute atomic E-state index is 5.93. The smallest absolute Gasteiger partial charge is 0.227 e. The summed E-state index contributed by atoms with van der Waals surface area (Å²) in [6, 6.07) is 13.8. The molecule has 1 aromatic heterocycles. The van der Waals surface area contributed by atoms with E-state index < -0.39 is 0 Å². The largest absolute Gasteiger partial charge is 0.384 e. The van der Waals surface area contributed by atoms with E-state index in [1.807, 2.05) is 0 Å². The van der Waals surface area contributed by atoms with Crippen LogP contribution in [0, 0.1) is 5.92 Å². The van der Waals surface area contributed by atoms with Crippen LogP contribution in [0.2, 0.25) is 0 Å². The normalized spacial score (nSPS) is 34.3. The predicted molar refractivity (Wildman–Crippen MR) is 94.8 cm³/mol. The highest BCUT2D eigenvalue weighted by atomic mass is 15.4. The van der Waals surface area contributed by atoms with E-state index in [-0.39, 0.29) is 0 Å². The number of fused-ring (bicyclic) bond motifs is 2. The number of anilines is 2. The van der Waals surface area contributed by atoms with E-state index in [0.29, 0.717) is 23.8 Å². The molecule has 0 amide bonds. The van der Waals surface area contributed by atoms with Gasteiger partial charge in [0.05, 0.1) is 6.04 Å². The molecule has 2 aromatic rings. The topological polar surface area (TPSA) is 58.3 Å². The van der Waals surface area contributed by atoms with Gasteiger partial charge in [-0.2, -0.15) is 4.98 Å². The van der Waals surface area contributed by atoms with Gasteiger partial charge in [0.2, 0.25) is 5.95 Å². The van der Waals surface area contributed by atoms with E-state index in [1.165, 1.54) is 31.5 Å². The van der Waals surface area contributed by atoms with Crippen molar-refractivity contribution in [2.75, 3.05) is 30.3 Å². The molecule has 0 unspecified atom stereocenters. The lowest BCUT2D eigenvalue weighted by molar-refractivity contribution is 0.0353. The number of nitrogen functional groups attached to an aromatic ring is 1. The lowest BCUT2D eigenvalue weighted by atomic mass is 9.75. The van der Waals surface area contributed by atoms with Crippen molar-refractivity contribution in [2.45, 2.75) is 30.8 Å². The molecular weight excluding hydrogens is 298 g/mol. The summed E-state index contributed by atoms with van der Waals surface area (Å²) in [5.74, 6) is 2.63. The van der Waals surface area contributed by atoms with Gasteiger partial charge in [-0.3, -0.25) is 4.90 Å². The van der Waals surface area contributed by atoms with Crippen LogP contribution in [0.3, 0.4) is 0 Å². The highest BCUT2D eigenvalue weighted by Gasteiger charge is 2.54. The van der Waals surface area contributed by atoms with Crippen LogP contribution < -0.4 is 10.6 Å². The van der Waals surface area contributed by atoms with Crippen LogP contribution in [0.5, 0.6) is 0 Å². The quantitative estimate of drug-likeness (QED) is 0.918. The number of piperidine rings is 3. The van der Waals surface area contributed by atoms with Crippen LogP contribution in [0.4, 0.5) is 11.8 Å². The summed E-state index contributed by atoms with van der Waals surface area (Å²) in [7, 11) is 0. The van der Waals surface area contributed by atoms with Crippen molar-refractivity contribution in [3.8, 4) is 0 Å². The van der Waals surface area contributed by atoms with Gasteiger partial charge in [-0.15, -0.1) is 0 Å². The SMILES string of the molecule is Nc1ccnc(N2C[C@H](c3ccccc3)[C@H]3[C@@H]2C2CCN3CC2)n1. The van der Waals surface area contributed by atoms with Crippen molar-refractivity contribution in [3.63, 3.8) is 0 Å². The number of benzene rings is 1. The molecule has 0 radical (unpaired) electrons. The first kappa shape index (κ1) is 14.2. The fourth-order valence-electron chi connectivity index (χ4n) is 5.14. The van der Waals surface area contributed by atoms with Crippen LogP contribution in [0.15, 0.2) is 42.6 Å². The second-order valence-electron chi connectivity index (χ2n) is 7.31. The molecular formula is C19H23N5. The molecule has 0 spiro atoms. The highest BCUT2D eigenvalue weighted by molar-refractivity contribution is 5.45. The second kappa shape index (κ2) is 5.45. The maximum Gasteiger partial charge on any atom is 0.227 e. The van der Waals surface area contributed by atoms with E-state index in [0.717, 1.165) is 18.4 Å². The number of rotatable bonds is 2. The number of nitrogens with zero attached hydrogens (tertiary/aromatic N) is 4. The summed E-state index contributed by atoms with van der Waals surface area (Å²) >= 11 is 0. The maximum atomic E-state index is 5.93. The fourth-order valence-corrected chi connectivity index (χ4v) is 5.14. The molecule has 0 saturated carbocycles. The number of nitrogens with two attached hydrogens (primary N) is 1. The first-order valence-electron chi connectivity index (χ1n) is 8.95. The van der Waals surface area contributed by atoms with Gasteiger partial charge in [0.15, 0.2) is 0 Å². The van der Waals surface area contributed by atoms with E-state index in [2.05, 4.69) is 50.1 Å². The van der Waals surface area contributed by atoms with Crippen LogP contribution in [-0.2, 0) is 0 Å². The summed E-state index contributed by atoms with van der Waals surface area (Å²) in [6.07, 6.45) is 4.37. The first-order valence-corrected chi connectivity index (χ1v) is 8.95. The van der Waals surface area contributed by atoms with Crippen LogP contribution >= 0.6 is 0 Å². The molecule has 0 aliphatic carbocycles. The van der Waals surface area contributed by atoms with Crippen molar-refractivity contribution in [1.29, 1.82) is 0 Å². The van der Waals surface area contributed by atoms with E-state index in [4.69, 9.17) is 5.73 Å². The van der Waals surface area contributed by atoms with Crippen molar-refractivity contribution < 1.29 is 0 Å². The standard InChI is InChI=1S/C19H23N5/c20-16-6-9-21-19(22-16)24-12-15(13-4-2-1-3-5-13)18-17(24)14-7-10-23(18)11-8-14/h1-6,9,14-15,17-18H,7-8,10-12H2,(H2,20,21,22)/t15-,17+,18+/m1/s1. The van der Waals surface area contributed by atoms with Gasteiger partial charge in [-0.25, -0.2) is 4.98 Å². The Morgan fingerprint density at radius 3 is 2.54 bits per heavy atom. The van der Waals surface area contributed by atoms with Gasteiger partial charge in [-0.1, -0.05) is 30.3 Å². The number of hydrogen-bond donors (Lipinski definition) is 1. The molecule has 6 rings (SSSR count). The van der Waals surface area contributed by atoms with Crippen LogP contribution in [-0.4, -0.2) is 46.6 Å². The van der Waals surface area contributed by atoms with E-state index in [1.54, 1.807) is 12.3 Å². The molecule has 2 N–H and O–H groups in total. The molecule has 4 aliphatic rings. The van der Waals surface area contributed by atoms with Gasteiger partial charge in [0.1, 0.15) is 5.82 Å². The third-order valence-corrected chi connectivity index (χ3v) is 6.14. The Labute approximate surface area is 142 Å².